The molecule has 0 radical (unpaired) electrons. The summed E-state index contributed by atoms with van der Waals surface area (Å²) in [4.78, 5) is 0. The van der Waals surface area contributed by atoms with Crippen LogP contribution < -0.4 is 15.2 Å². The Bertz CT molecular complexity index is 567. The van der Waals surface area contributed by atoms with Gasteiger partial charge in [0.1, 0.15) is 11.5 Å². The minimum Gasteiger partial charge on any atom is -0.497 e. The number of benzene rings is 2. The van der Waals surface area contributed by atoms with Crippen LogP contribution in [0.1, 0.15) is 5.56 Å². The Morgan fingerprint density at radius 3 is 1.86 bits per heavy atom. The molecule has 0 aromatic heterocycles. The van der Waals surface area contributed by atoms with Crippen LogP contribution in [0.25, 0.3) is 0 Å². The standard InChI is InChI=1S/C11H12O.C7H9NO/c1-3-4-5-10-6-8-11(12-2)9-7-10;1-9-7-4-2-6(8)3-5-7/h4,6-9H,1,5H2,2H3;2-5H,8H2,1H3. The molecule has 2 N–H and O–H groups in total. The highest BCUT2D eigenvalue weighted by atomic mass is 16.5. The molecule has 3 nitrogen and oxygen atoms in total. The zero-order valence-corrected chi connectivity index (χ0v) is 12.5. The van der Waals surface area contributed by atoms with Gasteiger partial charge in [-0.3, -0.25) is 0 Å². The van der Waals surface area contributed by atoms with Crippen molar-refractivity contribution in [3.63, 3.8) is 0 Å². The van der Waals surface area contributed by atoms with Gasteiger partial charge in [-0.25, -0.2) is 0 Å². The average Bonchev–Trinajstić information content (AvgIpc) is 2.55. The van der Waals surface area contributed by atoms with Gasteiger partial charge in [0.25, 0.3) is 0 Å². The van der Waals surface area contributed by atoms with Gasteiger partial charge in [0.15, 0.2) is 0 Å². The Balaban J connectivity index is 0.000000219. The fourth-order valence-corrected chi connectivity index (χ4v) is 1.56. The van der Waals surface area contributed by atoms with Gasteiger partial charge in [-0.15, -0.1) is 5.73 Å². The largest absolute Gasteiger partial charge is 0.497 e. The normalized spacial score (nSPS) is 8.86. The molecule has 0 fully saturated rings. The van der Waals surface area contributed by atoms with Crippen molar-refractivity contribution in [2.24, 2.45) is 0 Å². The summed E-state index contributed by atoms with van der Waals surface area (Å²) in [7, 11) is 3.30. The maximum Gasteiger partial charge on any atom is 0.119 e. The lowest BCUT2D eigenvalue weighted by atomic mass is 10.1. The molecule has 0 aliphatic carbocycles. The number of ether oxygens (including phenoxy) is 2. The van der Waals surface area contributed by atoms with Gasteiger partial charge in [0.05, 0.1) is 14.2 Å². The zero-order chi connectivity index (χ0) is 15.5. The van der Waals surface area contributed by atoms with Gasteiger partial charge in [0, 0.05) is 5.69 Å². The molecule has 2 aromatic carbocycles. The van der Waals surface area contributed by atoms with Crippen LogP contribution in [0.3, 0.4) is 0 Å². The van der Waals surface area contributed by atoms with Crippen molar-refractivity contribution in [2.45, 2.75) is 6.42 Å². The van der Waals surface area contributed by atoms with E-state index < -0.39 is 0 Å². The van der Waals surface area contributed by atoms with E-state index in [2.05, 4.69) is 12.3 Å². The molecule has 0 heterocycles. The van der Waals surface area contributed by atoms with Crippen LogP contribution in [0, 0.1) is 0 Å². The third kappa shape index (κ3) is 6.37. The summed E-state index contributed by atoms with van der Waals surface area (Å²) in [6.07, 6.45) is 2.79. The second kappa shape index (κ2) is 9.29. The first-order chi connectivity index (χ1) is 10.2. The average molecular weight is 283 g/mol. The second-order valence-corrected chi connectivity index (χ2v) is 4.23. The minimum absolute atomic E-state index is 0.760. The lowest BCUT2D eigenvalue weighted by Crippen LogP contribution is -1.84. The quantitative estimate of drug-likeness (QED) is 0.684. The SMILES string of the molecule is C=C=CCc1ccc(OC)cc1.COc1ccc(N)cc1. The first kappa shape index (κ1) is 16.4. The molecule has 0 aliphatic rings. The molecule has 2 rings (SSSR count). The summed E-state index contributed by atoms with van der Waals surface area (Å²) >= 11 is 0. The van der Waals surface area contributed by atoms with E-state index in [1.54, 1.807) is 26.4 Å². The first-order valence-electron chi connectivity index (χ1n) is 6.56. The van der Waals surface area contributed by atoms with Crippen molar-refractivity contribution in [3.8, 4) is 11.5 Å². The number of hydrogen-bond donors (Lipinski definition) is 1. The molecule has 0 aliphatic heterocycles. The topological polar surface area (TPSA) is 44.5 Å². The lowest BCUT2D eigenvalue weighted by Gasteiger charge is -1.99. The Morgan fingerprint density at radius 1 is 0.952 bits per heavy atom. The van der Waals surface area contributed by atoms with Crippen molar-refractivity contribution in [3.05, 3.63) is 72.5 Å². The summed E-state index contributed by atoms with van der Waals surface area (Å²) < 4.78 is 9.95. The molecule has 0 bridgehead atoms. The summed E-state index contributed by atoms with van der Waals surface area (Å²) in [5.41, 5.74) is 10.2. The van der Waals surface area contributed by atoms with E-state index in [0.29, 0.717) is 0 Å². The Kier molecular flexibility index (Phi) is 7.26. The molecule has 0 saturated carbocycles. The Hall–Kier alpha value is -2.64. The number of methoxy groups -OCH3 is 2. The van der Waals surface area contributed by atoms with Crippen molar-refractivity contribution in [1.82, 2.24) is 0 Å². The third-order valence-corrected chi connectivity index (χ3v) is 2.76. The van der Waals surface area contributed by atoms with E-state index in [-0.39, 0.29) is 0 Å². The van der Waals surface area contributed by atoms with Gasteiger partial charge >= 0.3 is 0 Å². The van der Waals surface area contributed by atoms with E-state index in [9.17, 15) is 0 Å². The van der Waals surface area contributed by atoms with Crippen LogP contribution in [-0.4, -0.2) is 14.2 Å². The summed E-state index contributed by atoms with van der Waals surface area (Å²) in [5.74, 6) is 1.73. The van der Waals surface area contributed by atoms with Crippen molar-refractivity contribution in [2.75, 3.05) is 20.0 Å². The highest BCUT2D eigenvalue weighted by molar-refractivity contribution is 5.41. The van der Waals surface area contributed by atoms with Gasteiger partial charge in [-0.1, -0.05) is 18.7 Å². The van der Waals surface area contributed by atoms with E-state index in [1.807, 2.05) is 42.5 Å². The Morgan fingerprint density at radius 2 is 1.43 bits per heavy atom. The maximum atomic E-state index is 5.43. The van der Waals surface area contributed by atoms with Crippen LogP contribution in [0.15, 0.2) is 66.9 Å². The van der Waals surface area contributed by atoms with Crippen LogP contribution in [0.2, 0.25) is 0 Å². The van der Waals surface area contributed by atoms with Gasteiger partial charge < -0.3 is 15.2 Å². The molecule has 110 valence electrons. The predicted octanol–water partition coefficient (Wildman–Crippen LogP) is 3.86. The lowest BCUT2D eigenvalue weighted by molar-refractivity contribution is 0.414. The first-order valence-corrected chi connectivity index (χ1v) is 6.56. The molecule has 0 spiro atoms. The molecular formula is C18H21NO2. The maximum absolute atomic E-state index is 5.43. The van der Waals surface area contributed by atoms with E-state index in [4.69, 9.17) is 15.2 Å². The number of nitrogens with two attached hydrogens (primary N) is 1. The summed E-state index contributed by atoms with van der Waals surface area (Å²) in [5, 5.41) is 0. The highest BCUT2D eigenvalue weighted by Crippen LogP contribution is 2.12. The van der Waals surface area contributed by atoms with E-state index >= 15 is 0 Å². The minimum atomic E-state index is 0.760. The molecule has 0 saturated heterocycles. The number of anilines is 1. The summed E-state index contributed by atoms with van der Waals surface area (Å²) in [6.45, 7) is 3.50. The number of nitrogen functional groups attached to an aromatic ring is 1. The van der Waals surface area contributed by atoms with Crippen LogP contribution in [-0.2, 0) is 6.42 Å². The van der Waals surface area contributed by atoms with E-state index in [1.165, 1.54) is 5.56 Å². The highest BCUT2D eigenvalue weighted by Gasteiger charge is 1.90. The van der Waals surface area contributed by atoms with Crippen LogP contribution in [0.5, 0.6) is 11.5 Å². The molecule has 0 unspecified atom stereocenters. The van der Waals surface area contributed by atoms with Gasteiger partial charge in [-0.05, 0) is 54.5 Å². The molecule has 0 amide bonds. The molecule has 2 aromatic rings. The van der Waals surface area contributed by atoms with Crippen molar-refractivity contribution >= 4 is 5.69 Å². The smallest absolute Gasteiger partial charge is 0.119 e. The van der Waals surface area contributed by atoms with Gasteiger partial charge in [-0.2, -0.15) is 0 Å². The van der Waals surface area contributed by atoms with Crippen LogP contribution in [0.4, 0.5) is 5.69 Å². The number of rotatable bonds is 4. The van der Waals surface area contributed by atoms with Gasteiger partial charge in [0.2, 0.25) is 0 Å². The fourth-order valence-electron chi connectivity index (χ4n) is 1.56. The fraction of sp³-hybridized carbons (Fsp3) is 0.167. The number of allylic oxidation sites excluding steroid dienone is 1. The second-order valence-electron chi connectivity index (χ2n) is 4.23. The zero-order valence-electron chi connectivity index (χ0n) is 12.5. The molecule has 0 atom stereocenters. The van der Waals surface area contributed by atoms with Crippen molar-refractivity contribution < 1.29 is 9.47 Å². The monoisotopic (exact) mass is 283 g/mol. The third-order valence-electron chi connectivity index (χ3n) is 2.76. The predicted molar refractivity (Wildman–Crippen MR) is 87.8 cm³/mol. The van der Waals surface area contributed by atoms with E-state index in [0.717, 1.165) is 23.6 Å². The molecular weight excluding hydrogens is 262 g/mol. The van der Waals surface area contributed by atoms with Crippen molar-refractivity contribution in [1.29, 1.82) is 0 Å². The molecule has 21 heavy (non-hydrogen) atoms. The number of hydrogen-bond acceptors (Lipinski definition) is 3. The van der Waals surface area contributed by atoms with Crippen LogP contribution >= 0.6 is 0 Å². The Labute approximate surface area is 126 Å². The summed E-state index contributed by atoms with van der Waals surface area (Å²) in [6, 6.07) is 15.2. The molecule has 3 heteroatoms.